The van der Waals surface area contributed by atoms with Crippen LogP contribution in [0.15, 0.2) is 48.5 Å². The van der Waals surface area contributed by atoms with E-state index in [1.807, 2.05) is 25.1 Å². The first-order chi connectivity index (χ1) is 10.1. The van der Waals surface area contributed by atoms with Gasteiger partial charge in [0, 0.05) is 0 Å². The van der Waals surface area contributed by atoms with Crippen LogP contribution in [-0.2, 0) is 0 Å². The summed E-state index contributed by atoms with van der Waals surface area (Å²) < 4.78 is 19.3. The zero-order chi connectivity index (χ0) is 15.2. The maximum atomic E-state index is 13.5. The van der Waals surface area contributed by atoms with Gasteiger partial charge in [-0.05, 0) is 42.7 Å². The van der Waals surface area contributed by atoms with Gasteiger partial charge >= 0.3 is 0 Å². The minimum atomic E-state index is -0.244. The molecular formula is C18H22FNO. The van der Waals surface area contributed by atoms with Gasteiger partial charge in [-0.1, -0.05) is 38.1 Å². The zero-order valence-corrected chi connectivity index (χ0v) is 12.8. The molecule has 112 valence electrons. The molecular weight excluding hydrogens is 265 g/mol. The third-order valence-electron chi connectivity index (χ3n) is 3.34. The van der Waals surface area contributed by atoms with Crippen molar-refractivity contribution in [2.75, 3.05) is 11.9 Å². The highest BCUT2D eigenvalue weighted by Crippen LogP contribution is 2.19. The summed E-state index contributed by atoms with van der Waals surface area (Å²) >= 11 is 0. The van der Waals surface area contributed by atoms with Crippen molar-refractivity contribution >= 4 is 5.69 Å². The van der Waals surface area contributed by atoms with Crippen LogP contribution in [0.5, 0.6) is 5.75 Å². The van der Waals surface area contributed by atoms with Gasteiger partial charge in [0.15, 0.2) is 0 Å². The monoisotopic (exact) mass is 287 g/mol. The van der Waals surface area contributed by atoms with Gasteiger partial charge in [0.2, 0.25) is 0 Å². The summed E-state index contributed by atoms with van der Waals surface area (Å²) in [6.45, 7) is 6.84. The molecule has 21 heavy (non-hydrogen) atoms. The van der Waals surface area contributed by atoms with Crippen molar-refractivity contribution in [3.05, 3.63) is 59.9 Å². The molecule has 2 nitrogen and oxygen atoms in total. The fraction of sp³-hybridized carbons (Fsp3) is 0.333. The van der Waals surface area contributed by atoms with E-state index in [2.05, 4.69) is 31.3 Å². The van der Waals surface area contributed by atoms with Crippen molar-refractivity contribution in [3.63, 3.8) is 0 Å². The van der Waals surface area contributed by atoms with E-state index in [0.717, 1.165) is 5.75 Å². The molecule has 0 aliphatic carbocycles. The second kappa shape index (κ2) is 7.11. The number of ether oxygens (including phenoxy) is 1. The normalized spacial score (nSPS) is 12.2. The van der Waals surface area contributed by atoms with Crippen LogP contribution in [-0.4, -0.2) is 12.6 Å². The summed E-state index contributed by atoms with van der Waals surface area (Å²) in [4.78, 5) is 0. The number of anilines is 1. The second-order valence-corrected chi connectivity index (χ2v) is 5.51. The van der Waals surface area contributed by atoms with Crippen molar-refractivity contribution in [2.45, 2.75) is 32.8 Å². The van der Waals surface area contributed by atoms with E-state index in [9.17, 15) is 4.39 Å². The molecule has 0 aliphatic heterocycles. The molecule has 0 aromatic heterocycles. The number of halogens is 1. The highest BCUT2D eigenvalue weighted by atomic mass is 19.1. The lowest BCUT2D eigenvalue weighted by Gasteiger charge is -2.17. The first kappa shape index (κ1) is 15.4. The Balaban J connectivity index is 1.87. The maximum Gasteiger partial charge on any atom is 0.146 e. The van der Waals surface area contributed by atoms with Gasteiger partial charge in [-0.25, -0.2) is 4.39 Å². The minimum Gasteiger partial charge on any atom is -0.489 e. The van der Waals surface area contributed by atoms with E-state index in [-0.39, 0.29) is 11.9 Å². The van der Waals surface area contributed by atoms with Gasteiger partial charge in [-0.3, -0.25) is 0 Å². The smallest absolute Gasteiger partial charge is 0.146 e. The number of para-hydroxylation sites is 1. The average molecular weight is 287 g/mol. The lowest BCUT2D eigenvalue weighted by atomic mass is 10.0. The topological polar surface area (TPSA) is 21.3 Å². The average Bonchev–Trinajstić information content (AvgIpc) is 2.47. The number of hydrogen-bond donors (Lipinski definition) is 1. The number of hydrogen-bond acceptors (Lipinski definition) is 2. The van der Waals surface area contributed by atoms with Gasteiger partial charge in [-0.2, -0.15) is 0 Å². The first-order valence-electron chi connectivity index (χ1n) is 7.31. The van der Waals surface area contributed by atoms with Crippen molar-refractivity contribution < 1.29 is 9.13 Å². The van der Waals surface area contributed by atoms with E-state index in [4.69, 9.17) is 4.74 Å². The SMILES string of the molecule is CC(CNc1ccccc1F)Oc1ccc(C(C)C)cc1. The molecule has 0 heterocycles. The Kier molecular flexibility index (Phi) is 5.20. The van der Waals surface area contributed by atoms with Gasteiger partial charge in [0.1, 0.15) is 17.7 Å². The molecule has 0 saturated carbocycles. The molecule has 3 heteroatoms. The predicted octanol–water partition coefficient (Wildman–Crippen LogP) is 4.83. The van der Waals surface area contributed by atoms with E-state index < -0.39 is 0 Å². The third kappa shape index (κ3) is 4.48. The van der Waals surface area contributed by atoms with Gasteiger partial charge in [0.25, 0.3) is 0 Å². The Hall–Kier alpha value is -2.03. The van der Waals surface area contributed by atoms with Crippen LogP contribution in [0.2, 0.25) is 0 Å². The molecule has 0 bridgehead atoms. The molecule has 0 fully saturated rings. The van der Waals surface area contributed by atoms with Crippen molar-refractivity contribution in [2.24, 2.45) is 0 Å². The van der Waals surface area contributed by atoms with Gasteiger partial charge in [-0.15, -0.1) is 0 Å². The Morgan fingerprint density at radius 2 is 1.67 bits per heavy atom. The quantitative estimate of drug-likeness (QED) is 0.821. The maximum absolute atomic E-state index is 13.5. The standard InChI is InChI=1S/C18H22FNO/c1-13(2)15-8-10-16(11-9-15)21-14(3)12-20-18-7-5-4-6-17(18)19/h4-11,13-14,20H,12H2,1-3H3. The van der Waals surface area contributed by atoms with Crippen molar-refractivity contribution in [1.82, 2.24) is 0 Å². The molecule has 1 N–H and O–H groups in total. The number of nitrogens with one attached hydrogen (secondary N) is 1. The summed E-state index contributed by atoms with van der Waals surface area (Å²) in [5, 5.41) is 3.06. The molecule has 0 spiro atoms. The molecule has 1 atom stereocenters. The summed E-state index contributed by atoms with van der Waals surface area (Å²) in [5.74, 6) is 1.10. The molecule has 2 aromatic rings. The summed E-state index contributed by atoms with van der Waals surface area (Å²) in [6, 6.07) is 14.8. The van der Waals surface area contributed by atoms with Crippen LogP contribution < -0.4 is 10.1 Å². The third-order valence-corrected chi connectivity index (χ3v) is 3.34. The Labute approximate surface area is 126 Å². The first-order valence-corrected chi connectivity index (χ1v) is 7.31. The summed E-state index contributed by atoms with van der Waals surface area (Å²) in [5.41, 5.74) is 1.79. The number of benzene rings is 2. The number of rotatable bonds is 6. The van der Waals surface area contributed by atoms with Crippen LogP contribution in [0.3, 0.4) is 0 Å². The minimum absolute atomic E-state index is 0.0468. The fourth-order valence-corrected chi connectivity index (χ4v) is 2.06. The lowest BCUT2D eigenvalue weighted by Crippen LogP contribution is -2.23. The molecule has 1 unspecified atom stereocenters. The molecule has 0 amide bonds. The Morgan fingerprint density at radius 3 is 2.29 bits per heavy atom. The molecule has 2 aromatic carbocycles. The molecule has 0 saturated heterocycles. The fourth-order valence-electron chi connectivity index (χ4n) is 2.06. The van der Waals surface area contributed by atoms with E-state index in [0.29, 0.717) is 18.2 Å². The molecule has 0 aliphatic rings. The highest BCUT2D eigenvalue weighted by Gasteiger charge is 2.06. The van der Waals surface area contributed by atoms with E-state index >= 15 is 0 Å². The summed E-state index contributed by atoms with van der Waals surface area (Å²) in [6.07, 6.45) is -0.0468. The Morgan fingerprint density at radius 1 is 1.00 bits per heavy atom. The largest absolute Gasteiger partial charge is 0.489 e. The van der Waals surface area contributed by atoms with E-state index in [1.54, 1.807) is 12.1 Å². The Bertz CT molecular complexity index is 566. The van der Waals surface area contributed by atoms with Gasteiger partial charge in [0.05, 0.1) is 12.2 Å². The van der Waals surface area contributed by atoms with Gasteiger partial charge < -0.3 is 10.1 Å². The zero-order valence-electron chi connectivity index (χ0n) is 12.8. The lowest BCUT2D eigenvalue weighted by molar-refractivity contribution is 0.234. The predicted molar refractivity (Wildman–Crippen MR) is 85.5 cm³/mol. The summed E-state index contributed by atoms with van der Waals surface area (Å²) in [7, 11) is 0. The molecule has 2 rings (SSSR count). The van der Waals surface area contributed by atoms with Crippen LogP contribution in [0, 0.1) is 5.82 Å². The highest BCUT2D eigenvalue weighted by molar-refractivity contribution is 5.44. The van der Waals surface area contributed by atoms with Crippen LogP contribution >= 0.6 is 0 Å². The van der Waals surface area contributed by atoms with Crippen molar-refractivity contribution in [1.29, 1.82) is 0 Å². The van der Waals surface area contributed by atoms with E-state index in [1.165, 1.54) is 11.6 Å². The van der Waals surface area contributed by atoms with Crippen molar-refractivity contribution in [3.8, 4) is 5.75 Å². The van der Waals surface area contributed by atoms with Crippen LogP contribution in [0.25, 0.3) is 0 Å². The second-order valence-electron chi connectivity index (χ2n) is 5.51. The van der Waals surface area contributed by atoms with Crippen LogP contribution in [0.1, 0.15) is 32.3 Å². The molecule has 0 radical (unpaired) electrons. The van der Waals surface area contributed by atoms with Crippen LogP contribution in [0.4, 0.5) is 10.1 Å².